The molecule has 2 atom stereocenters. The lowest BCUT2D eigenvalue weighted by Crippen LogP contribution is -2.42. The van der Waals surface area contributed by atoms with E-state index in [1.54, 1.807) is 14.2 Å². The fourth-order valence-electron chi connectivity index (χ4n) is 4.10. The van der Waals surface area contributed by atoms with Crippen molar-refractivity contribution < 1.29 is 18.3 Å². The van der Waals surface area contributed by atoms with Crippen LogP contribution in [0.15, 0.2) is 48.5 Å². The molecule has 0 bridgehead atoms. The van der Waals surface area contributed by atoms with Gasteiger partial charge in [0.05, 0.1) is 14.2 Å². The van der Waals surface area contributed by atoms with E-state index in [4.69, 9.17) is 18.3 Å². The topological polar surface area (TPSA) is 36.9 Å². The number of methoxy groups -OCH3 is 2. The van der Waals surface area contributed by atoms with Gasteiger partial charge in [0.1, 0.15) is 22.7 Å². The van der Waals surface area contributed by atoms with Gasteiger partial charge in [-0.05, 0) is 74.7 Å². The Morgan fingerprint density at radius 3 is 1.14 bits per heavy atom. The van der Waals surface area contributed by atoms with Crippen LogP contribution in [-0.4, -0.2) is 30.9 Å². The molecular formula is C23H34O4Si2. The van der Waals surface area contributed by atoms with Crippen molar-refractivity contribution in [3.63, 3.8) is 0 Å². The Morgan fingerprint density at radius 2 is 0.897 bits per heavy atom. The Balaban J connectivity index is 2.14. The summed E-state index contributed by atoms with van der Waals surface area (Å²) < 4.78 is 24.6. The van der Waals surface area contributed by atoms with Gasteiger partial charge in [-0.1, -0.05) is 24.3 Å². The van der Waals surface area contributed by atoms with Gasteiger partial charge in [0.15, 0.2) is 16.6 Å². The molecular weight excluding hydrogens is 396 g/mol. The van der Waals surface area contributed by atoms with E-state index in [9.17, 15) is 0 Å². The molecule has 3 rings (SSSR count). The molecule has 1 aliphatic rings. The van der Waals surface area contributed by atoms with Crippen molar-refractivity contribution in [3.8, 4) is 11.5 Å². The van der Waals surface area contributed by atoms with Gasteiger partial charge >= 0.3 is 0 Å². The lowest BCUT2D eigenvalue weighted by atomic mass is 9.98. The molecule has 1 aliphatic carbocycles. The van der Waals surface area contributed by atoms with Gasteiger partial charge in [-0.2, -0.15) is 0 Å². The molecule has 0 radical (unpaired) electrons. The number of benzene rings is 2. The van der Waals surface area contributed by atoms with Gasteiger partial charge in [0.2, 0.25) is 0 Å². The summed E-state index contributed by atoms with van der Waals surface area (Å²) in [5, 5.41) is 0. The average Bonchev–Trinajstić information content (AvgIpc) is 3.26. The second-order valence-corrected chi connectivity index (χ2v) is 18.6. The first-order valence-corrected chi connectivity index (χ1v) is 17.0. The lowest BCUT2D eigenvalue weighted by Gasteiger charge is -2.36. The molecule has 0 spiro atoms. The number of ether oxygens (including phenoxy) is 2. The molecule has 0 N–H and O–H groups in total. The number of rotatable bonds is 8. The summed E-state index contributed by atoms with van der Waals surface area (Å²) in [6.45, 7) is 13.4. The highest BCUT2D eigenvalue weighted by molar-refractivity contribution is 6.70. The van der Waals surface area contributed by atoms with Crippen molar-refractivity contribution in [2.24, 2.45) is 0 Å². The van der Waals surface area contributed by atoms with Gasteiger partial charge in [0.25, 0.3) is 0 Å². The molecule has 158 valence electrons. The zero-order chi connectivity index (χ0) is 21.5. The van der Waals surface area contributed by atoms with Crippen LogP contribution < -0.4 is 9.47 Å². The summed E-state index contributed by atoms with van der Waals surface area (Å²) in [6, 6.07) is 16.5. The van der Waals surface area contributed by atoms with Crippen molar-refractivity contribution >= 4 is 16.6 Å². The quantitative estimate of drug-likeness (QED) is 0.489. The molecule has 4 nitrogen and oxygen atoms in total. The number of hydrogen-bond acceptors (Lipinski definition) is 4. The van der Waals surface area contributed by atoms with Crippen LogP contribution in [0.1, 0.15) is 17.5 Å². The van der Waals surface area contributed by atoms with E-state index in [2.05, 4.69) is 63.5 Å². The van der Waals surface area contributed by atoms with E-state index in [1.807, 2.05) is 24.3 Å². The molecule has 0 amide bonds. The van der Waals surface area contributed by atoms with E-state index < -0.39 is 27.8 Å². The summed E-state index contributed by atoms with van der Waals surface area (Å²) in [6.07, 6.45) is 0.813. The first-order valence-electron chi connectivity index (χ1n) is 10.1. The Hall–Kier alpha value is -1.61. The van der Waals surface area contributed by atoms with Crippen molar-refractivity contribution in [1.29, 1.82) is 0 Å². The average molecular weight is 431 g/mol. The predicted molar refractivity (Wildman–Crippen MR) is 123 cm³/mol. The van der Waals surface area contributed by atoms with Gasteiger partial charge in [-0.15, -0.1) is 0 Å². The standard InChI is InChI=1S/C23H34O4Si2/c1-24-20-13-9-18(10-14-20)22(26-28(3,4)5)17-23(22,27-29(6,7)8)19-11-15-21(25-2)16-12-19/h9-16H,17H2,1-8H3/t22-,23+. The molecule has 2 aromatic rings. The second kappa shape index (κ2) is 7.58. The Bertz CT molecular complexity index is 766. The zero-order valence-corrected chi connectivity index (χ0v) is 21.0. The molecule has 1 saturated carbocycles. The van der Waals surface area contributed by atoms with Gasteiger partial charge in [-0.3, -0.25) is 0 Å². The van der Waals surface area contributed by atoms with Crippen molar-refractivity contribution in [3.05, 3.63) is 59.7 Å². The highest BCUT2D eigenvalue weighted by atomic mass is 28.4. The molecule has 2 aromatic carbocycles. The lowest BCUT2D eigenvalue weighted by molar-refractivity contribution is 0.0397. The third kappa shape index (κ3) is 4.45. The van der Waals surface area contributed by atoms with Crippen LogP contribution >= 0.6 is 0 Å². The minimum atomic E-state index is -1.87. The largest absolute Gasteiger partial charge is 0.497 e. The van der Waals surface area contributed by atoms with Gasteiger partial charge in [-0.25, -0.2) is 0 Å². The van der Waals surface area contributed by atoms with Crippen LogP contribution in [0.4, 0.5) is 0 Å². The van der Waals surface area contributed by atoms with E-state index in [0.717, 1.165) is 29.0 Å². The van der Waals surface area contributed by atoms with Crippen LogP contribution in [0.25, 0.3) is 0 Å². The Kier molecular flexibility index (Phi) is 5.77. The SMILES string of the molecule is COc1ccc([C@@]2(O[Si](C)(C)C)C[C@@]2(O[Si](C)(C)C)c2ccc(OC)cc2)cc1. The molecule has 0 aromatic heterocycles. The molecule has 0 unspecified atom stereocenters. The van der Waals surface area contributed by atoms with Crippen molar-refractivity contribution in [1.82, 2.24) is 0 Å². The minimum Gasteiger partial charge on any atom is -0.497 e. The summed E-state index contributed by atoms with van der Waals surface area (Å²) in [4.78, 5) is 0. The maximum absolute atomic E-state index is 6.93. The van der Waals surface area contributed by atoms with Crippen LogP contribution in [0, 0.1) is 0 Å². The van der Waals surface area contributed by atoms with E-state index in [1.165, 1.54) is 0 Å². The maximum atomic E-state index is 6.93. The monoisotopic (exact) mass is 430 g/mol. The summed E-state index contributed by atoms with van der Waals surface area (Å²) in [5.74, 6) is 1.69. The normalized spacial score (nSPS) is 24.3. The Morgan fingerprint density at radius 1 is 0.586 bits per heavy atom. The van der Waals surface area contributed by atoms with E-state index in [-0.39, 0.29) is 0 Å². The molecule has 0 aliphatic heterocycles. The molecule has 1 fully saturated rings. The first kappa shape index (κ1) is 22.1. The summed E-state index contributed by atoms with van der Waals surface area (Å²) >= 11 is 0. The molecule has 0 saturated heterocycles. The van der Waals surface area contributed by atoms with Crippen LogP contribution in [0.3, 0.4) is 0 Å². The smallest absolute Gasteiger partial charge is 0.185 e. The van der Waals surface area contributed by atoms with Crippen molar-refractivity contribution in [2.45, 2.75) is 56.9 Å². The molecule has 29 heavy (non-hydrogen) atoms. The first-order chi connectivity index (χ1) is 13.4. The van der Waals surface area contributed by atoms with Crippen LogP contribution in [-0.2, 0) is 20.1 Å². The van der Waals surface area contributed by atoms with E-state index in [0.29, 0.717) is 0 Å². The van der Waals surface area contributed by atoms with Gasteiger partial charge in [0, 0.05) is 6.42 Å². The third-order valence-corrected chi connectivity index (χ3v) is 7.02. The summed E-state index contributed by atoms with van der Waals surface area (Å²) in [5.41, 5.74) is 1.32. The van der Waals surface area contributed by atoms with E-state index >= 15 is 0 Å². The maximum Gasteiger partial charge on any atom is 0.185 e. The fourth-order valence-corrected chi connectivity index (χ4v) is 6.90. The zero-order valence-electron chi connectivity index (χ0n) is 19.0. The van der Waals surface area contributed by atoms with Crippen LogP contribution in [0.2, 0.25) is 39.3 Å². The fraction of sp³-hybridized carbons (Fsp3) is 0.478. The Labute approximate surface area is 177 Å². The third-order valence-electron chi connectivity index (χ3n) is 5.10. The summed E-state index contributed by atoms with van der Waals surface area (Å²) in [7, 11) is -0.359. The number of hydrogen-bond donors (Lipinski definition) is 0. The molecule has 0 heterocycles. The van der Waals surface area contributed by atoms with Crippen LogP contribution in [0.5, 0.6) is 11.5 Å². The van der Waals surface area contributed by atoms with Crippen molar-refractivity contribution in [2.75, 3.05) is 14.2 Å². The highest BCUT2D eigenvalue weighted by Crippen LogP contribution is 2.68. The second-order valence-electron chi connectivity index (χ2n) is 9.72. The minimum absolute atomic E-state index is 0.487. The predicted octanol–water partition coefficient (Wildman–Crippen LogP) is 5.90. The van der Waals surface area contributed by atoms with Gasteiger partial charge < -0.3 is 18.3 Å². The highest BCUT2D eigenvalue weighted by Gasteiger charge is 2.73. The molecule has 6 heteroatoms.